The standard InChI is InChI=1S/C14H22N4O/c1-13(2)9-4-5-14(13,3)11(6-9)18-12(19)17-10-7-15-16-8-10/h7-9,11H,4-6H2,1-3H3,(H,15,16)(H2,17,18,19). The van der Waals surface area contributed by atoms with Crippen LogP contribution in [0.4, 0.5) is 10.5 Å². The van der Waals surface area contributed by atoms with Gasteiger partial charge in [-0.15, -0.1) is 0 Å². The largest absolute Gasteiger partial charge is 0.335 e. The molecule has 1 heterocycles. The molecule has 0 aromatic carbocycles. The minimum absolute atomic E-state index is 0.129. The predicted octanol–water partition coefficient (Wildman–Crippen LogP) is 2.75. The maximum Gasteiger partial charge on any atom is 0.319 e. The molecular weight excluding hydrogens is 240 g/mol. The number of carbonyl (C=O) groups excluding carboxylic acids is 1. The van der Waals surface area contributed by atoms with Gasteiger partial charge < -0.3 is 10.6 Å². The molecule has 3 N–H and O–H groups in total. The lowest BCUT2D eigenvalue weighted by atomic mass is 9.69. The Balaban J connectivity index is 1.67. The summed E-state index contributed by atoms with van der Waals surface area (Å²) in [6, 6.07) is 0.143. The van der Waals surface area contributed by atoms with E-state index in [4.69, 9.17) is 0 Å². The number of urea groups is 1. The van der Waals surface area contributed by atoms with E-state index in [1.54, 1.807) is 12.4 Å². The van der Waals surface area contributed by atoms with Gasteiger partial charge in [-0.05, 0) is 36.0 Å². The number of aromatic nitrogens is 2. The minimum Gasteiger partial charge on any atom is -0.335 e. The minimum atomic E-state index is -0.129. The van der Waals surface area contributed by atoms with Crippen molar-refractivity contribution in [1.29, 1.82) is 0 Å². The molecule has 104 valence electrons. The molecular formula is C14H22N4O. The average Bonchev–Trinajstić information content (AvgIpc) is 2.95. The summed E-state index contributed by atoms with van der Waals surface area (Å²) in [7, 11) is 0. The van der Waals surface area contributed by atoms with E-state index >= 15 is 0 Å². The Morgan fingerprint density at radius 3 is 2.79 bits per heavy atom. The van der Waals surface area contributed by atoms with Gasteiger partial charge in [0.15, 0.2) is 0 Å². The molecule has 2 aliphatic rings. The van der Waals surface area contributed by atoms with Gasteiger partial charge in [-0.1, -0.05) is 20.8 Å². The van der Waals surface area contributed by atoms with E-state index in [2.05, 4.69) is 41.6 Å². The lowest BCUT2D eigenvalue weighted by Crippen LogP contribution is -2.48. The quantitative estimate of drug-likeness (QED) is 0.767. The summed E-state index contributed by atoms with van der Waals surface area (Å²) >= 11 is 0. The van der Waals surface area contributed by atoms with Gasteiger partial charge in [-0.3, -0.25) is 5.10 Å². The fourth-order valence-corrected chi connectivity index (χ4v) is 4.07. The van der Waals surface area contributed by atoms with Gasteiger partial charge >= 0.3 is 6.03 Å². The highest BCUT2D eigenvalue weighted by Crippen LogP contribution is 2.65. The number of rotatable bonds is 2. The van der Waals surface area contributed by atoms with Gasteiger partial charge in [-0.25, -0.2) is 4.79 Å². The van der Waals surface area contributed by atoms with Crippen molar-refractivity contribution in [3.8, 4) is 0 Å². The van der Waals surface area contributed by atoms with Crippen LogP contribution in [0.3, 0.4) is 0 Å². The van der Waals surface area contributed by atoms with Gasteiger partial charge in [0.2, 0.25) is 0 Å². The van der Waals surface area contributed by atoms with Crippen molar-refractivity contribution >= 4 is 11.7 Å². The SMILES string of the molecule is CC1(C)C2CCC1(C)C(NC(=O)Nc1cn[nH]c1)C2. The zero-order valence-electron chi connectivity index (χ0n) is 11.8. The molecule has 3 unspecified atom stereocenters. The molecule has 0 saturated heterocycles. The third-order valence-corrected chi connectivity index (χ3v) is 5.86. The topological polar surface area (TPSA) is 69.8 Å². The molecule has 19 heavy (non-hydrogen) atoms. The van der Waals surface area contributed by atoms with Crippen LogP contribution in [-0.2, 0) is 0 Å². The average molecular weight is 262 g/mol. The molecule has 2 saturated carbocycles. The Kier molecular flexibility index (Phi) is 2.62. The predicted molar refractivity (Wildman–Crippen MR) is 73.8 cm³/mol. The summed E-state index contributed by atoms with van der Waals surface area (Å²) in [4.78, 5) is 12.0. The van der Waals surface area contributed by atoms with Crippen LogP contribution in [0.15, 0.2) is 12.4 Å². The van der Waals surface area contributed by atoms with E-state index in [1.165, 1.54) is 12.8 Å². The third kappa shape index (κ3) is 1.75. The van der Waals surface area contributed by atoms with Gasteiger partial charge in [0.25, 0.3) is 0 Å². The first-order chi connectivity index (χ1) is 8.93. The summed E-state index contributed by atoms with van der Waals surface area (Å²) in [6.45, 7) is 7.02. The number of H-pyrrole nitrogens is 1. The molecule has 3 rings (SSSR count). The monoisotopic (exact) mass is 262 g/mol. The molecule has 5 heteroatoms. The summed E-state index contributed by atoms with van der Waals surface area (Å²) in [5, 5.41) is 12.5. The van der Waals surface area contributed by atoms with Crippen LogP contribution in [0, 0.1) is 16.7 Å². The summed E-state index contributed by atoms with van der Waals surface area (Å²) in [5.41, 5.74) is 1.23. The molecule has 3 atom stereocenters. The summed E-state index contributed by atoms with van der Waals surface area (Å²) in [6.07, 6.45) is 6.88. The number of nitrogens with one attached hydrogen (secondary N) is 3. The van der Waals surface area contributed by atoms with E-state index in [0.29, 0.717) is 11.1 Å². The normalized spacial score (nSPS) is 35.3. The second-order valence-corrected chi connectivity index (χ2v) is 6.75. The molecule has 1 aromatic heterocycles. The molecule has 2 bridgehead atoms. The fourth-order valence-electron chi connectivity index (χ4n) is 4.07. The number of fused-ring (bicyclic) bond motifs is 2. The van der Waals surface area contributed by atoms with Gasteiger partial charge in [0, 0.05) is 12.2 Å². The highest BCUT2D eigenvalue weighted by molar-refractivity contribution is 5.89. The van der Waals surface area contributed by atoms with Crippen LogP contribution in [0.1, 0.15) is 40.0 Å². The van der Waals surface area contributed by atoms with Crippen molar-refractivity contribution in [2.75, 3.05) is 5.32 Å². The molecule has 0 spiro atoms. The molecule has 2 amide bonds. The molecule has 2 aliphatic carbocycles. The maximum absolute atomic E-state index is 12.0. The molecule has 0 aliphatic heterocycles. The van der Waals surface area contributed by atoms with Crippen molar-refractivity contribution in [1.82, 2.24) is 15.5 Å². The maximum atomic E-state index is 12.0. The molecule has 2 fully saturated rings. The number of hydrogen-bond donors (Lipinski definition) is 3. The first kappa shape index (κ1) is 12.5. The van der Waals surface area contributed by atoms with Crippen LogP contribution < -0.4 is 10.6 Å². The van der Waals surface area contributed by atoms with Gasteiger partial charge in [-0.2, -0.15) is 5.10 Å². The number of aromatic amines is 1. The van der Waals surface area contributed by atoms with Crippen molar-refractivity contribution in [3.63, 3.8) is 0 Å². The molecule has 5 nitrogen and oxygen atoms in total. The van der Waals surface area contributed by atoms with Crippen LogP contribution in [-0.4, -0.2) is 22.3 Å². The first-order valence-corrected chi connectivity index (χ1v) is 7.00. The Bertz CT molecular complexity index is 482. The summed E-state index contributed by atoms with van der Waals surface area (Å²) in [5.74, 6) is 0.733. The van der Waals surface area contributed by atoms with Crippen molar-refractivity contribution in [2.45, 2.75) is 46.1 Å². The number of carbonyl (C=O) groups is 1. The number of hydrogen-bond acceptors (Lipinski definition) is 2. The fraction of sp³-hybridized carbons (Fsp3) is 0.714. The lowest BCUT2D eigenvalue weighted by molar-refractivity contribution is 0.125. The van der Waals surface area contributed by atoms with Gasteiger partial charge in [0.05, 0.1) is 11.9 Å². The number of anilines is 1. The highest BCUT2D eigenvalue weighted by atomic mass is 16.2. The van der Waals surface area contributed by atoms with E-state index in [1.807, 2.05) is 0 Å². The molecule has 1 aromatic rings. The number of amides is 2. The lowest BCUT2D eigenvalue weighted by Gasteiger charge is -2.39. The Labute approximate surface area is 113 Å². The second kappa shape index (κ2) is 3.99. The Morgan fingerprint density at radius 2 is 2.26 bits per heavy atom. The van der Waals surface area contributed by atoms with Crippen LogP contribution in [0.5, 0.6) is 0 Å². The van der Waals surface area contributed by atoms with Crippen molar-refractivity contribution < 1.29 is 4.79 Å². The van der Waals surface area contributed by atoms with Crippen molar-refractivity contribution in [2.24, 2.45) is 16.7 Å². The third-order valence-electron chi connectivity index (χ3n) is 5.86. The highest BCUT2D eigenvalue weighted by Gasteiger charge is 2.61. The Hall–Kier alpha value is -1.52. The number of nitrogens with zero attached hydrogens (tertiary/aromatic N) is 1. The van der Waals surface area contributed by atoms with Crippen LogP contribution >= 0.6 is 0 Å². The first-order valence-electron chi connectivity index (χ1n) is 7.00. The zero-order valence-corrected chi connectivity index (χ0v) is 11.8. The van der Waals surface area contributed by atoms with Crippen LogP contribution in [0.2, 0.25) is 0 Å². The van der Waals surface area contributed by atoms with Gasteiger partial charge in [0.1, 0.15) is 0 Å². The molecule has 0 radical (unpaired) electrons. The van der Waals surface area contributed by atoms with Crippen molar-refractivity contribution in [3.05, 3.63) is 12.4 Å². The summed E-state index contributed by atoms with van der Waals surface area (Å²) < 4.78 is 0. The smallest absolute Gasteiger partial charge is 0.319 e. The van der Waals surface area contributed by atoms with E-state index < -0.39 is 0 Å². The van der Waals surface area contributed by atoms with E-state index in [-0.39, 0.29) is 17.5 Å². The second-order valence-electron chi connectivity index (χ2n) is 6.75. The van der Waals surface area contributed by atoms with E-state index in [0.717, 1.165) is 12.3 Å². The zero-order chi connectivity index (χ0) is 13.7. The van der Waals surface area contributed by atoms with E-state index in [9.17, 15) is 4.79 Å². The van der Waals surface area contributed by atoms with Crippen LogP contribution in [0.25, 0.3) is 0 Å². The Morgan fingerprint density at radius 1 is 1.47 bits per heavy atom.